The highest BCUT2D eigenvalue weighted by Gasteiger charge is 2.41. The summed E-state index contributed by atoms with van der Waals surface area (Å²) in [5.74, 6) is 0.105. The molecule has 2 aromatic carbocycles. The van der Waals surface area contributed by atoms with Crippen molar-refractivity contribution in [3.8, 4) is 0 Å². The SMILES string of the molecule is Cc1ccc(C2(C(=O)NCc3ccccc3)CCOCC2)cc1. The van der Waals surface area contributed by atoms with Crippen LogP contribution in [0.1, 0.15) is 29.5 Å². The summed E-state index contributed by atoms with van der Waals surface area (Å²) in [5, 5.41) is 3.13. The van der Waals surface area contributed by atoms with E-state index in [2.05, 4.69) is 36.5 Å². The highest BCUT2D eigenvalue weighted by Crippen LogP contribution is 2.35. The minimum atomic E-state index is -0.471. The van der Waals surface area contributed by atoms with Gasteiger partial charge in [-0.15, -0.1) is 0 Å². The molecule has 1 fully saturated rings. The number of benzene rings is 2. The summed E-state index contributed by atoms with van der Waals surface area (Å²) in [5.41, 5.74) is 2.95. The van der Waals surface area contributed by atoms with Gasteiger partial charge in [-0.2, -0.15) is 0 Å². The molecule has 3 rings (SSSR count). The van der Waals surface area contributed by atoms with Crippen LogP contribution in [0.2, 0.25) is 0 Å². The Kier molecular flexibility index (Phi) is 4.77. The second-order valence-electron chi connectivity index (χ2n) is 6.23. The van der Waals surface area contributed by atoms with Gasteiger partial charge in [-0.05, 0) is 30.9 Å². The number of hydrogen-bond donors (Lipinski definition) is 1. The maximum atomic E-state index is 13.0. The lowest BCUT2D eigenvalue weighted by Crippen LogP contribution is -2.47. The molecule has 1 saturated heterocycles. The van der Waals surface area contributed by atoms with Crippen LogP contribution in [0.15, 0.2) is 54.6 Å². The molecule has 3 nitrogen and oxygen atoms in total. The standard InChI is InChI=1S/C20H23NO2/c1-16-7-9-18(10-8-16)20(11-13-23-14-12-20)19(22)21-15-17-5-3-2-4-6-17/h2-10H,11-15H2,1H3,(H,21,22). The Morgan fingerprint density at radius 3 is 2.35 bits per heavy atom. The average Bonchev–Trinajstić information content (AvgIpc) is 2.61. The summed E-state index contributed by atoms with van der Waals surface area (Å²) in [4.78, 5) is 13.0. The van der Waals surface area contributed by atoms with Crippen LogP contribution >= 0.6 is 0 Å². The molecule has 23 heavy (non-hydrogen) atoms. The number of rotatable bonds is 4. The van der Waals surface area contributed by atoms with Gasteiger partial charge >= 0.3 is 0 Å². The predicted molar refractivity (Wildman–Crippen MR) is 91.2 cm³/mol. The monoisotopic (exact) mass is 309 g/mol. The van der Waals surface area contributed by atoms with Crippen molar-refractivity contribution in [2.45, 2.75) is 31.7 Å². The van der Waals surface area contributed by atoms with Gasteiger partial charge < -0.3 is 10.1 Å². The fourth-order valence-electron chi connectivity index (χ4n) is 3.19. The molecule has 2 aromatic rings. The molecule has 1 amide bonds. The van der Waals surface area contributed by atoms with Gasteiger partial charge in [0, 0.05) is 19.8 Å². The molecule has 0 aromatic heterocycles. The minimum Gasteiger partial charge on any atom is -0.381 e. The summed E-state index contributed by atoms with van der Waals surface area (Å²) >= 11 is 0. The summed E-state index contributed by atoms with van der Waals surface area (Å²) < 4.78 is 5.50. The van der Waals surface area contributed by atoms with Gasteiger partial charge in [0.2, 0.25) is 5.91 Å². The Bertz CT molecular complexity index is 643. The van der Waals surface area contributed by atoms with Gasteiger partial charge in [0.15, 0.2) is 0 Å². The highest BCUT2D eigenvalue weighted by molar-refractivity contribution is 5.88. The van der Waals surface area contributed by atoms with E-state index in [9.17, 15) is 4.79 Å². The zero-order valence-corrected chi connectivity index (χ0v) is 13.5. The van der Waals surface area contributed by atoms with E-state index in [1.807, 2.05) is 30.3 Å². The summed E-state index contributed by atoms with van der Waals surface area (Å²) in [6.07, 6.45) is 1.47. The Labute approximate surface area is 137 Å². The zero-order chi connectivity index (χ0) is 16.1. The van der Waals surface area contributed by atoms with Gasteiger partial charge in [-0.1, -0.05) is 60.2 Å². The summed E-state index contributed by atoms with van der Waals surface area (Å²) in [6, 6.07) is 18.4. The van der Waals surface area contributed by atoms with Crippen molar-refractivity contribution in [2.75, 3.05) is 13.2 Å². The smallest absolute Gasteiger partial charge is 0.231 e. The van der Waals surface area contributed by atoms with Gasteiger partial charge in [0.1, 0.15) is 0 Å². The van der Waals surface area contributed by atoms with Crippen LogP contribution in [0.3, 0.4) is 0 Å². The first kappa shape index (κ1) is 15.8. The molecule has 0 saturated carbocycles. The Morgan fingerprint density at radius 2 is 1.70 bits per heavy atom. The fraction of sp³-hybridized carbons (Fsp3) is 0.350. The van der Waals surface area contributed by atoms with Crippen molar-refractivity contribution in [3.05, 3.63) is 71.3 Å². The van der Waals surface area contributed by atoms with Gasteiger partial charge in [-0.25, -0.2) is 0 Å². The van der Waals surface area contributed by atoms with Crippen molar-refractivity contribution in [3.63, 3.8) is 0 Å². The maximum Gasteiger partial charge on any atom is 0.231 e. The summed E-state index contributed by atoms with van der Waals surface area (Å²) in [6.45, 7) is 3.89. The van der Waals surface area contributed by atoms with Crippen LogP contribution in [0.4, 0.5) is 0 Å². The second kappa shape index (κ2) is 6.97. The molecule has 0 radical (unpaired) electrons. The van der Waals surface area contributed by atoms with E-state index in [-0.39, 0.29) is 5.91 Å². The molecule has 120 valence electrons. The van der Waals surface area contributed by atoms with Crippen LogP contribution in [-0.2, 0) is 21.5 Å². The molecular weight excluding hydrogens is 286 g/mol. The molecule has 0 spiro atoms. The molecule has 1 N–H and O–H groups in total. The number of aryl methyl sites for hydroxylation is 1. The molecule has 0 aliphatic carbocycles. The third-order valence-corrected chi connectivity index (χ3v) is 4.68. The first-order chi connectivity index (χ1) is 11.2. The van der Waals surface area contributed by atoms with Gasteiger partial charge in [0.05, 0.1) is 5.41 Å². The largest absolute Gasteiger partial charge is 0.381 e. The third kappa shape index (κ3) is 3.45. The Hall–Kier alpha value is -2.13. The van der Waals surface area contributed by atoms with E-state index in [0.29, 0.717) is 19.8 Å². The normalized spacial score (nSPS) is 16.7. The van der Waals surface area contributed by atoms with Crippen molar-refractivity contribution >= 4 is 5.91 Å². The van der Waals surface area contributed by atoms with Crippen LogP contribution in [0.5, 0.6) is 0 Å². The first-order valence-corrected chi connectivity index (χ1v) is 8.18. The molecule has 0 atom stereocenters. The van der Waals surface area contributed by atoms with Gasteiger partial charge in [-0.3, -0.25) is 4.79 Å². The van der Waals surface area contributed by atoms with Crippen LogP contribution in [0.25, 0.3) is 0 Å². The molecule has 0 bridgehead atoms. The van der Waals surface area contributed by atoms with E-state index in [1.165, 1.54) is 5.56 Å². The van der Waals surface area contributed by atoms with Crippen LogP contribution in [0, 0.1) is 6.92 Å². The quantitative estimate of drug-likeness (QED) is 0.940. The van der Waals surface area contributed by atoms with E-state index in [0.717, 1.165) is 24.0 Å². The Balaban J connectivity index is 1.80. The molecule has 3 heteroatoms. The number of carbonyl (C=O) groups is 1. The topological polar surface area (TPSA) is 38.3 Å². The lowest BCUT2D eigenvalue weighted by Gasteiger charge is -2.36. The average molecular weight is 309 g/mol. The maximum absolute atomic E-state index is 13.0. The highest BCUT2D eigenvalue weighted by atomic mass is 16.5. The predicted octanol–water partition coefficient (Wildman–Crippen LogP) is 3.36. The van der Waals surface area contributed by atoms with Crippen LogP contribution in [-0.4, -0.2) is 19.1 Å². The number of amides is 1. The van der Waals surface area contributed by atoms with E-state index in [1.54, 1.807) is 0 Å². The number of carbonyl (C=O) groups excluding carboxylic acids is 1. The van der Waals surface area contributed by atoms with Crippen molar-refractivity contribution < 1.29 is 9.53 Å². The zero-order valence-electron chi connectivity index (χ0n) is 13.5. The van der Waals surface area contributed by atoms with Crippen molar-refractivity contribution in [1.29, 1.82) is 0 Å². The summed E-state index contributed by atoms with van der Waals surface area (Å²) in [7, 11) is 0. The first-order valence-electron chi connectivity index (χ1n) is 8.18. The van der Waals surface area contributed by atoms with Gasteiger partial charge in [0.25, 0.3) is 0 Å². The molecule has 0 unspecified atom stereocenters. The molecule has 1 aliphatic heterocycles. The van der Waals surface area contributed by atoms with E-state index in [4.69, 9.17) is 4.74 Å². The minimum absolute atomic E-state index is 0.105. The fourth-order valence-corrected chi connectivity index (χ4v) is 3.19. The lowest BCUT2D eigenvalue weighted by molar-refractivity contribution is -0.130. The second-order valence-corrected chi connectivity index (χ2v) is 6.23. The number of hydrogen-bond acceptors (Lipinski definition) is 2. The molecule has 1 aliphatic rings. The molecular formula is C20H23NO2. The van der Waals surface area contributed by atoms with E-state index >= 15 is 0 Å². The van der Waals surface area contributed by atoms with Crippen molar-refractivity contribution in [1.82, 2.24) is 5.32 Å². The Morgan fingerprint density at radius 1 is 1.04 bits per heavy atom. The lowest BCUT2D eigenvalue weighted by atomic mass is 9.73. The third-order valence-electron chi connectivity index (χ3n) is 4.68. The number of nitrogens with one attached hydrogen (secondary N) is 1. The number of ether oxygens (including phenoxy) is 1. The van der Waals surface area contributed by atoms with E-state index < -0.39 is 5.41 Å². The van der Waals surface area contributed by atoms with Crippen molar-refractivity contribution in [2.24, 2.45) is 0 Å². The molecule has 1 heterocycles. The van der Waals surface area contributed by atoms with Crippen LogP contribution < -0.4 is 5.32 Å².